The van der Waals surface area contributed by atoms with Crippen LogP contribution in [-0.2, 0) is 5.41 Å². The first-order valence-electron chi connectivity index (χ1n) is 4.84. The minimum absolute atomic E-state index is 0.121. The highest BCUT2D eigenvalue weighted by Crippen LogP contribution is 2.29. The summed E-state index contributed by atoms with van der Waals surface area (Å²) in [5.41, 5.74) is 0.572. The quantitative estimate of drug-likeness (QED) is 0.789. The molecule has 0 aliphatic carbocycles. The Balaban J connectivity index is 3.13. The van der Waals surface area contributed by atoms with Crippen LogP contribution in [-0.4, -0.2) is 6.61 Å². The molecular weight excluding hydrogens is 212 g/mol. The van der Waals surface area contributed by atoms with Gasteiger partial charge in [0.05, 0.1) is 11.5 Å². The van der Waals surface area contributed by atoms with Gasteiger partial charge in [0.15, 0.2) is 0 Å². The highest BCUT2D eigenvalue weighted by molar-refractivity contribution is 5.41. The van der Waals surface area contributed by atoms with Crippen LogP contribution in [0.25, 0.3) is 0 Å². The van der Waals surface area contributed by atoms with Gasteiger partial charge < -0.3 is 4.74 Å². The zero-order valence-electron chi connectivity index (χ0n) is 9.42. The molecule has 0 unspecified atom stereocenters. The fraction of sp³-hybridized carbons (Fsp3) is 0.417. The van der Waals surface area contributed by atoms with E-state index in [2.05, 4.69) is 10.8 Å². The predicted octanol–water partition coefficient (Wildman–Crippen LogP) is 3.40. The van der Waals surface area contributed by atoms with E-state index in [0.29, 0.717) is 11.1 Å². The largest absolute Gasteiger partial charge is 0.435 e. The Kier molecular flexibility index (Phi) is 3.48. The van der Waals surface area contributed by atoms with Crippen LogP contribution in [0.15, 0.2) is 18.2 Å². The summed E-state index contributed by atoms with van der Waals surface area (Å²) in [5, 5.41) is 8.95. The molecule has 0 saturated heterocycles. The zero-order chi connectivity index (χ0) is 12.3. The number of rotatable bonds is 3. The number of hydrogen-bond donors (Lipinski definition) is 0. The fourth-order valence-electron chi connectivity index (χ4n) is 1.28. The second-order valence-corrected chi connectivity index (χ2v) is 4.10. The van der Waals surface area contributed by atoms with Crippen LogP contribution >= 0.6 is 0 Å². The van der Waals surface area contributed by atoms with Gasteiger partial charge in [-0.15, -0.1) is 0 Å². The van der Waals surface area contributed by atoms with Crippen molar-refractivity contribution in [3.63, 3.8) is 0 Å². The first kappa shape index (κ1) is 12.4. The molecule has 2 nitrogen and oxygen atoms in total. The molecule has 0 saturated carbocycles. The molecule has 0 radical (unpaired) electrons. The lowest BCUT2D eigenvalue weighted by molar-refractivity contribution is -0.0503. The number of ether oxygens (including phenoxy) is 1. The van der Waals surface area contributed by atoms with Crippen molar-refractivity contribution in [2.45, 2.75) is 32.8 Å². The lowest BCUT2D eigenvalue weighted by Gasteiger charge is -2.18. The molecule has 0 heterocycles. The van der Waals surface area contributed by atoms with E-state index >= 15 is 0 Å². The van der Waals surface area contributed by atoms with Crippen LogP contribution in [0.1, 0.15) is 25.0 Å². The van der Waals surface area contributed by atoms with Crippen molar-refractivity contribution in [1.29, 1.82) is 5.26 Å². The number of aryl methyl sites for hydroxylation is 1. The van der Waals surface area contributed by atoms with E-state index in [-0.39, 0.29) is 5.75 Å². The number of nitrogens with zero attached hydrogens (tertiary/aromatic N) is 1. The van der Waals surface area contributed by atoms with Crippen LogP contribution < -0.4 is 4.74 Å². The van der Waals surface area contributed by atoms with Crippen molar-refractivity contribution in [3.05, 3.63) is 29.3 Å². The van der Waals surface area contributed by atoms with E-state index in [1.54, 1.807) is 32.9 Å². The van der Waals surface area contributed by atoms with E-state index in [1.807, 2.05) is 0 Å². The summed E-state index contributed by atoms with van der Waals surface area (Å²) < 4.78 is 28.6. The molecule has 1 aromatic carbocycles. The molecule has 86 valence electrons. The van der Waals surface area contributed by atoms with Crippen molar-refractivity contribution in [2.24, 2.45) is 0 Å². The first-order chi connectivity index (χ1) is 7.36. The van der Waals surface area contributed by atoms with Gasteiger partial charge >= 0.3 is 6.61 Å². The molecular formula is C12H13F2NO. The Bertz CT molecular complexity index is 422. The van der Waals surface area contributed by atoms with E-state index < -0.39 is 12.0 Å². The minimum Gasteiger partial charge on any atom is -0.435 e. The summed E-state index contributed by atoms with van der Waals surface area (Å²) in [7, 11) is 0. The maximum Gasteiger partial charge on any atom is 0.387 e. The number of benzene rings is 1. The van der Waals surface area contributed by atoms with Gasteiger partial charge in [0.1, 0.15) is 5.75 Å². The Morgan fingerprint density at radius 1 is 1.38 bits per heavy atom. The SMILES string of the molecule is Cc1ccc(C(C)(C)C#N)cc1OC(F)F. The van der Waals surface area contributed by atoms with Gasteiger partial charge in [-0.25, -0.2) is 0 Å². The van der Waals surface area contributed by atoms with Crippen molar-refractivity contribution < 1.29 is 13.5 Å². The van der Waals surface area contributed by atoms with Crippen molar-refractivity contribution in [1.82, 2.24) is 0 Å². The standard InChI is InChI=1S/C12H13F2NO/c1-8-4-5-9(12(2,3)7-15)6-10(8)16-11(13)14/h4-6,11H,1-3H3. The van der Waals surface area contributed by atoms with E-state index in [9.17, 15) is 8.78 Å². The molecule has 16 heavy (non-hydrogen) atoms. The van der Waals surface area contributed by atoms with Crippen LogP contribution in [0.5, 0.6) is 5.75 Å². The minimum atomic E-state index is -2.85. The summed E-state index contributed by atoms with van der Waals surface area (Å²) in [6.07, 6.45) is 0. The number of alkyl halides is 2. The van der Waals surface area contributed by atoms with Crippen LogP contribution in [0.3, 0.4) is 0 Å². The number of nitriles is 1. The van der Waals surface area contributed by atoms with Crippen LogP contribution in [0.2, 0.25) is 0 Å². The van der Waals surface area contributed by atoms with Gasteiger partial charge in [-0.1, -0.05) is 12.1 Å². The molecule has 0 aliphatic heterocycles. The molecule has 0 spiro atoms. The zero-order valence-corrected chi connectivity index (χ0v) is 9.42. The predicted molar refractivity (Wildman–Crippen MR) is 56.5 cm³/mol. The normalized spacial score (nSPS) is 11.3. The maximum absolute atomic E-state index is 12.1. The third-order valence-corrected chi connectivity index (χ3v) is 2.41. The Hall–Kier alpha value is -1.63. The average Bonchev–Trinajstić information content (AvgIpc) is 2.20. The molecule has 4 heteroatoms. The Morgan fingerprint density at radius 2 is 2.00 bits per heavy atom. The second-order valence-electron chi connectivity index (χ2n) is 4.10. The molecule has 0 fully saturated rings. The summed E-state index contributed by atoms with van der Waals surface area (Å²) >= 11 is 0. The van der Waals surface area contributed by atoms with Crippen LogP contribution in [0.4, 0.5) is 8.78 Å². The smallest absolute Gasteiger partial charge is 0.387 e. The number of hydrogen-bond acceptors (Lipinski definition) is 2. The summed E-state index contributed by atoms with van der Waals surface area (Å²) in [5.74, 6) is 0.121. The second kappa shape index (κ2) is 4.48. The third kappa shape index (κ3) is 2.69. The van der Waals surface area contributed by atoms with E-state index in [0.717, 1.165) is 0 Å². The molecule has 1 rings (SSSR count). The van der Waals surface area contributed by atoms with Gasteiger partial charge in [-0.05, 0) is 38.0 Å². The molecule has 0 aliphatic rings. The lowest BCUT2D eigenvalue weighted by Crippen LogP contribution is -2.14. The highest BCUT2D eigenvalue weighted by Gasteiger charge is 2.21. The van der Waals surface area contributed by atoms with Gasteiger partial charge in [-0.2, -0.15) is 14.0 Å². The van der Waals surface area contributed by atoms with Gasteiger partial charge in [0.25, 0.3) is 0 Å². The highest BCUT2D eigenvalue weighted by atomic mass is 19.3. The van der Waals surface area contributed by atoms with Gasteiger partial charge in [0.2, 0.25) is 0 Å². The average molecular weight is 225 g/mol. The summed E-state index contributed by atoms with van der Waals surface area (Å²) in [4.78, 5) is 0. The molecule has 0 N–H and O–H groups in total. The lowest BCUT2D eigenvalue weighted by atomic mass is 9.86. The molecule has 0 aromatic heterocycles. The molecule has 0 amide bonds. The Labute approximate surface area is 93.5 Å². The molecule has 0 bridgehead atoms. The van der Waals surface area contributed by atoms with E-state index in [1.165, 1.54) is 6.07 Å². The topological polar surface area (TPSA) is 33.0 Å². The fourth-order valence-corrected chi connectivity index (χ4v) is 1.28. The monoisotopic (exact) mass is 225 g/mol. The van der Waals surface area contributed by atoms with Crippen molar-refractivity contribution in [2.75, 3.05) is 0 Å². The number of halogens is 2. The van der Waals surface area contributed by atoms with Crippen molar-refractivity contribution in [3.8, 4) is 11.8 Å². The maximum atomic E-state index is 12.1. The van der Waals surface area contributed by atoms with Crippen LogP contribution in [0, 0.1) is 18.3 Å². The summed E-state index contributed by atoms with van der Waals surface area (Å²) in [6.45, 7) is 2.29. The van der Waals surface area contributed by atoms with Gasteiger partial charge in [0, 0.05) is 0 Å². The third-order valence-electron chi connectivity index (χ3n) is 2.41. The summed E-state index contributed by atoms with van der Waals surface area (Å²) in [6, 6.07) is 7.02. The van der Waals surface area contributed by atoms with E-state index in [4.69, 9.17) is 5.26 Å². The molecule has 1 aromatic rings. The van der Waals surface area contributed by atoms with Crippen molar-refractivity contribution >= 4 is 0 Å². The Morgan fingerprint density at radius 3 is 2.50 bits per heavy atom. The first-order valence-corrected chi connectivity index (χ1v) is 4.84. The van der Waals surface area contributed by atoms with Gasteiger partial charge in [-0.3, -0.25) is 0 Å². The molecule has 0 atom stereocenters.